The van der Waals surface area contributed by atoms with Gasteiger partial charge in [0.1, 0.15) is 0 Å². The second-order valence-electron chi connectivity index (χ2n) is 4.87. The second-order valence-corrected chi connectivity index (χ2v) is 4.87. The molecule has 0 aliphatic heterocycles. The third kappa shape index (κ3) is 3.06. The van der Waals surface area contributed by atoms with Crippen LogP contribution in [-0.2, 0) is 0 Å². The van der Waals surface area contributed by atoms with E-state index in [9.17, 15) is 5.11 Å². The van der Waals surface area contributed by atoms with Crippen LogP contribution in [0.25, 0.3) is 16.3 Å². The standard InChI is InChI=1S/C20H15NO/c22-15-18(11-6-9-16-7-2-1-3-8-16)20-14-21-13-17-10-4-5-12-19(17)20/h1-5,7-8,10-14,22H,15H2/b18-11+. The highest BCUT2D eigenvalue weighted by molar-refractivity contribution is 5.93. The number of benzene rings is 2. The third-order valence-corrected chi connectivity index (χ3v) is 3.42. The van der Waals surface area contributed by atoms with Crippen molar-refractivity contribution in [2.24, 2.45) is 0 Å². The van der Waals surface area contributed by atoms with Gasteiger partial charge in [-0.2, -0.15) is 0 Å². The Labute approximate surface area is 129 Å². The number of hydrogen-bond acceptors (Lipinski definition) is 2. The van der Waals surface area contributed by atoms with E-state index in [1.54, 1.807) is 12.3 Å². The molecule has 0 bridgehead atoms. The number of aliphatic hydroxyl groups is 1. The quantitative estimate of drug-likeness (QED) is 0.729. The molecule has 1 heterocycles. The fourth-order valence-corrected chi connectivity index (χ4v) is 2.31. The van der Waals surface area contributed by atoms with Gasteiger partial charge in [0.2, 0.25) is 0 Å². The first-order valence-electron chi connectivity index (χ1n) is 7.08. The summed E-state index contributed by atoms with van der Waals surface area (Å²) in [6.07, 6.45) is 5.36. The number of aliphatic hydroxyl groups excluding tert-OH is 1. The third-order valence-electron chi connectivity index (χ3n) is 3.42. The Balaban J connectivity index is 2.00. The van der Waals surface area contributed by atoms with Crippen LogP contribution in [0.15, 0.2) is 73.1 Å². The van der Waals surface area contributed by atoms with Gasteiger partial charge in [-0.05, 0) is 29.2 Å². The zero-order valence-corrected chi connectivity index (χ0v) is 12.0. The summed E-state index contributed by atoms with van der Waals surface area (Å²) in [5.41, 5.74) is 2.64. The summed E-state index contributed by atoms with van der Waals surface area (Å²) in [5, 5.41) is 11.8. The minimum Gasteiger partial charge on any atom is -0.392 e. The molecule has 0 saturated carbocycles. The van der Waals surface area contributed by atoms with Crippen LogP contribution in [0.2, 0.25) is 0 Å². The Morgan fingerprint density at radius 3 is 2.59 bits per heavy atom. The maximum absolute atomic E-state index is 9.67. The summed E-state index contributed by atoms with van der Waals surface area (Å²) in [5.74, 6) is 6.09. The van der Waals surface area contributed by atoms with Crippen LogP contribution < -0.4 is 0 Å². The first kappa shape index (κ1) is 14.1. The Hall–Kier alpha value is -2.89. The van der Waals surface area contributed by atoms with E-state index in [0.717, 1.165) is 27.5 Å². The van der Waals surface area contributed by atoms with Crippen LogP contribution in [0.3, 0.4) is 0 Å². The van der Waals surface area contributed by atoms with Crippen LogP contribution in [-0.4, -0.2) is 16.7 Å². The summed E-state index contributed by atoms with van der Waals surface area (Å²) in [6.45, 7) is -0.0703. The molecule has 0 unspecified atom stereocenters. The summed E-state index contributed by atoms with van der Waals surface area (Å²) in [6, 6.07) is 17.8. The molecule has 2 nitrogen and oxygen atoms in total. The minimum absolute atomic E-state index is 0.0703. The summed E-state index contributed by atoms with van der Waals surface area (Å²) in [4.78, 5) is 4.25. The maximum Gasteiger partial charge on any atom is 0.0694 e. The lowest BCUT2D eigenvalue weighted by Crippen LogP contribution is -1.93. The van der Waals surface area contributed by atoms with Gasteiger partial charge < -0.3 is 5.11 Å². The van der Waals surface area contributed by atoms with Gasteiger partial charge in [-0.1, -0.05) is 54.3 Å². The van der Waals surface area contributed by atoms with E-state index in [1.807, 2.05) is 60.8 Å². The number of pyridine rings is 1. The number of fused-ring (bicyclic) bond motifs is 1. The van der Waals surface area contributed by atoms with E-state index < -0.39 is 0 Å². The highest BCUT2D eigenvalue weighted by atomic mass is 16.3. The molecule has 0 aliphatic rings. The Bertz CT molecular complexity index is 865. The van der Waals surface area contributed by atoms with Crippen LogP contribution in [0.5, 0.6) is 0 Å². The molecule has 2 aromatic carbocycles. The molecule has 0 aliphatic carbocycles. The summed E-state index contributed by atoms with van der Waals surface area (Å²) >= 11 is 0. The van der Waals surface area contributed by atoms with Crippen molar-refractivity contribution in [2.75, 3.05) is 6.61 Å². The number of rotatable bonds is 2. The van der Waals surface area contributed by atoms with Crippen molar-refractivity contribution >= 4 is 16.3 Å². The van der Waals surface area contributed by atoms with Gasteiger partial charge in [-0.3, -0.25) is 4.98 Å². The van der Waals surface area contributed by atoms with E-state index in [-0.39, 0.29) is 6.61 Å². The summed E-state index contributed by atoms with van der Waals surface area (Å²) < 4.78 is 0. The average Bonchev–Trinajstić information content (AvgIpc) is 2.59. The molecule has 0 spiro atoms. The molecule has 0 amide bonds. The topological polar surface area (TPSA) is 33.1 Å². The molecular formula is C20H15NO. The van der Waals surface area contributed by atoms with Crippen molar-refractivity contribution in [3.63, 3.8) is 0 Å². The highest BCUT2D eigenvalue weighted by Gasteiger charge is 2.05. The maximum atomic E-state index is 9.67. The lowest BCUT2D eigenvalue weighted by molar-refractivity contribution is 0.350. The lowest BCUT2D eigenvalue weighted by atomic mass is 10.0. The SMILES string of the molecule is OC/C(=C\C#Cc1ccccc1)c1cncc2ccccc12. The molecule has 106 valence electrons. The molecular weight excluding hydrogens is 270 g/mol. The molecule has 0 radical (unpaired) electrons. The fourth-order valence-electron chi connectivity index (χ4n) is 2.31. The fraction of sp³-hybridized carbons (Fsp3) is 0.0500. The van der Waals surface area contributed by atoms with Gasteiger partial charge in [0.05, 0.1) is 6.61 Å². The van der Waals surface area contributed by atoms with Gasteiger partial charge in [-0.25, -0.2) is 0 Å². The smallest absolute Gasteiger partial charge is 0.0694 e. The molecule has 3 rings (SSSR count). The number of nitrogens with zero attached hydrogens (tertiary/aromatic N) is 1. The monoisotopic (exact) mass is 285 g/mol. The zero-order chi connectivity index (χ0) is 15.2. The average molecular weight is 285 g/mol. The molecule has 2 heteroatoms. The second kappa shape index (κ2) is 6.71. The van der Waals surface area contributed by atoms with E-state index >= 15 is 0 Å². The van der Waals surface area contributed by atoms with Crippen molar-refractivity contribution in [1.82, 2.24) is 4.98 Å². The lowest BCUT2D eigenvalue weighted by Gasteiger charge is -2.06. The Morgan fingerprint density at radius 2 is 1.77 bits per heavy atom. The first-order chi connectivity index (χ1) is 10.9. The molecule has 0 atom stereocenters. The predicted octanol–water partition coefficient (Wildman–Crippen LogP) is 3.66. The zero-order valence-electron chi connectivity index (χ0n) is 12.0. The first-order valence-corrected chi connectivity index (χ1v) is 7.08. The van der Waals surface area contributed by atoms with Crippen molar-refractivity contribution < 1.29 is 5.11 Å². The van der Waals surface area contributed by atoms with E-state index in [1.165, 1.54) is 0 Å². The van der Waals surface area contributed by atoms with Crippen LogP contribution >= 0.6 is 0 Å². The Morgan fingerprint density at radius 1 is 1.00 bits per heavy atom. The van der Waals surface area contributed by atoms with E-state index in [2.05, 4.69) is 16.8 Å². The van der Waals surface area contributed by atoms with Gasteiger partial charge in [0.25, 0.3) is 0 Å². The van der Waals surface area contributed by atoms with Crippen LogP contribution in [0.4, 0.5) is 0 Å². The van der Waals surface area contributed by atoms with E-state index in [4.69, 9.17) is 0 Å². The highest BCUT2D eigenvalue weighted by Crippen LogP contribution is 2.23. The van der Waals surface area contributed by atoms with Crippen LogP contribution in [0.1, 0.15) is 11.1 Å². The molecule has 3 aromatic rings. The Kier molecular flexibility index (Phi) is 4.29. The summed E-state index contributed by atoms with van der Waals surface area (Å²) in [7, 11) is 0. The normalized spacial score (nSPS) is 11.0. The molecule has 0 saturated heterocycles. The molecule has 22 heavy (non-hydrogen) atoms. The van der Waals surface area contributed by atoms with Crippen molar-refractivity contribution in [3.8, 4) is 11.8 Å². The van der Waals surface area contributed by atoms with E-state index in [0.29, 0.717) is 0 Å². The number of allylic oxidation sites excluding steroid dienone is 1. The number of hydrogen-bond donors (Lipinski definition) is 1. The number of aromatic nitrogens is 1. The molecule has 0 fully saturated rings. The van der Waals surface area contributed by atoms with Crippen molar-refractivity contribution in [1.29, 1.82) is 0 Å². The van der Waals surface area contributed by atoms with Gasteiger partial charge in [-0.15, -0.1) is 0 Å². The van der Waals surface area contributed by atoms with Gasteiger partial charge in [0.15, 0.2) is 0 Å². The van der Waals surface area contributed by atoms with Crippen molar-refractivity contribution in [2.45, 2.75) is 0 Å². The molecule has 1 aromatic heterocycles. The van der Waals surface area contributed by atoms with Gasteiger partial charge >= 0.3 is 0 Å². The predicted molar refractivity (Wildman–Crippen MR) is 90.1 cm³/mol. The molecule has 1 N–H and O–H groups in total. The van der Waals surface area contributed by atoms with Gasteiger partial charge in [0, 0.05) is 28.9 Å². The van der Waals surface area contributed by atoms with Crippen molar-refractivity contribution in [3.05, 3.63) is 84.2 Å². The largest absolute Gasteiger partial charge is 0.392 e. The van der Waals surface area contributed by atoms with Crippen LogP contribution in [0, 0.1) is 11.8 Å². The minimum atomic E-state index is -0.0703.